The zero-order chi connectivity index (χ0) is 22.4. The minimum Gasteiger partial charge on any atom is -0.378 e. The van der Waals surface area contributed by atoms with Crippen LogP contribution in [0.3, 0.4) is 0 Å². The molecule has 0 aliphatic carbocycles. The molecule has 0 aromatic heterocycles. The first-order chi connectivity index (χ1) is 14.8. The quantitative estimate of drug-likeness (QED) is 0.383. The smallest absolute Gasteiger partial charge is 0.258 e. The second-order valence-electron chi connectivity index (χ2n) is 8.16. The van der Waals surface area contributed by atoms with E-state index in [1.54, 1.807) is 0 Å². The highest BCUT2D eigenvalue weighted by atomic mass is 31.2. The first-order valence-electron chi connectivity index (χ1n) is 10.8. The summed E-state index contributed by atoms with van der Waals surface area (Å²) >= 11 is 0. The molecule has 4 nitrogen and oxygen atoms in total. The third kappa shape index (κ3) is 5.39. The second kappa shape index (κ2) is 10.2. The standard InChI is InChI=1S/C26H33N2O2P/c1-6-30-31(29,25-18-16-24(17-19-25)28(4)5)26(27-23-10-8-7-9-11-23)22-14-12-21(13-15-22)20(2)3/h7-20,26-27H,6H2,1-5H3/t26-,31+/m1/s1. The van der Waals surface area contributed by atoms with Crippen LogP contribution in [-0.2, 0) is 9.09 Å². The van der Waals surface area contributed by atoms with Crippen molar-refractivity contribution in [2.75, 3.05) is 30.9 Å². The van der Waals surface area contributed by atoms with Crippen molar-refractivity contribution >= 4 is 24.0 Å². The van der Waals surface area contributed by atoms with Gasteiger partial charge in [-0.25, -0.2) is 0 Å². The van der Waals surface area contributed by atoms with Gasteiger partial charge in [0.05, 0.1) is 6.61 Å². The maximum Gasteiger partial charge on any atom is 0.258 e. The summed E-state index contributed by atoms with van der Waals surface area (Å²) in [5, 5.41) is 4.22. The third-order valence-corrected chi connectivity index (χ3v) is 8.15. The molecule has 0 amide bonds. The van der Waals surface area contributed by atoms with Crippen LogP contribution in [0.15, 0.2) is 78.9 Å². The molecule has 5 heteroatoms. The zero-order valence-electron chi connectivity index (χ0n) is 19.1. The van der Waals surface area contributed by atoms with Gasteiger partial charge in [0.15, 0.2) is 0 Å². The van der Waals surface area contributed by atoms with Crippen molar-refractivity contribution in [1.82, 2.24) is 0 Å². The Morgan fingerprint density at radius 3 is 1.97 bits per heavy atom. The summed E-state index contributed by atoms with van der Waals surface area (Å²) in [5.74, 6) is -0.0619. The van der Waals surface area contributed by atoms with E-state index in [4.69, 9.17) is 4.52 Å². The minimum atomic E-state index is -3.29. The highest BCUT2D eigenvalue weighted by Crippen LogP contribution is 2.59. The molecule has 3 aromatic rings. The van der Waals surface area contributed by atoms with E-state index < -0.39 is 13.2 Å². The molecule has 31 heavy (non-hydrogen) atoms. The third-order valence-electron chi connectivity index (χ3n) is 5.38. The Labute approximate surface area is 186 Å². The van der Waals surface area contributed by atoms with Crippen molar-refractivity contribution in [3.05, 3.63) is 90.0 Å². The maximum atomic E-state index is 14.5. The molecule has 0 radical (unpaired) electrons. The van der Waals surface area contributed by atoms with Crippen LogP contribution in [0, 0.1) is 0 Å². The van der Waals surface area contributed by atoms with Gasteiger partial charge < -0.3 is 14.7 Å². The first kappa shape index (κ1) is 23.1. The molecule has 0 spiro atoms. The van der Waals surface area contributed by atoms with Crippen molar-refractivity contribution < 1.29 is 9.09 Å². The van der Waals surface area contributed by atoms with Gasteiger partial charge in [-0.15, -0.1) is 0 Å². The van der Waals surface area contributed by atoms with Gasteiger partial charge in [-0.1, -0.05) is 56.3 Å². The topological polar surface area (TPSA) is 41.6 Å². The molecule has 0 saturated heterocycles. The highest BCUT2D eigenvalue weighted by Gasteiger charge is 2.37. The SMILES string of the molecule is CCO[P@@](=O)(c1ccc(N(C)C)cc1)[C@@H](Nc1ccccc1)c1ccc(C(C)C)cc1. The summed E-state index contributed by atoms with van der Waals surface area (Å²) in [6, 6.07) is 26.1. The van der Waals surface area contributed by atoms with Crippen LogP contribution in [0.5, 0.6) is 0 Å². The van der Waals surface area contributed by atoms with E-state index in [0.29, 0.717) is 17.8 Å². The number of rotatable bonds is 9. The molecule has 1 N–H and O–H groups in total. The predicted octanol–water partition coefficient (Wildman–Crippen LogP) is 6.63. The monoisotopic (exact) mass is 436 g/mol. The van der Waals surface area contributed by atoms with Crippen LogP contribution >= 0.6 is 7.37 Å². The normalized spacial score (nSPS) is 14.1. The molecule has 0 aliphatic heterocycles. The predicted molar refractivity (Wildman–Crippen MR) is 133 cm³/mol. The van der Waals surface area contributed by atoms with Gasteiger partial charge in [0, 0.05) is 30.8 Å². The van der Waals surface area contributed by atoms with Crippen molar-refractivity contribution in [3.8, 4) is 0 Å². The summed E-state index contributed by atoms with van der Waals surface area (Å²) in [6.07, 6.45) is 0. The van der Waals surface area contributed by atoms with E-state index in [2.05, 4.69) is 43.4 Å². The lowest BCUT2D eigenvalue weighted by molar-refractivity contribution is 0.335. The molecule has 0 heterocycles. The summed E-state index contributed by atoms with van der Waals surface area (Å²) in [7, 11) is 0.699. The molecule has 3 rings (SSSR count). The second-order valence-corrected chi connectivity index (χ2v) is 10.6. The number of nitrogens with zero attached hydrogens (tertiary/aromatic N) is 1. The van der Waals surface area contributed by atoms with E-state index in [0.717, 1.165) is 16.9 Å². The van der Waals surface area contributed by atoms with Gasteiger partial charge in [-0.05, 0) is 60.4 Å². The molecule has 0 unspecified atom stereocenters. The Bertz CT molecular complexity index is 1000. The van der Waals surface area contributed by atoms with Gasteiger partial charge in [0.1, 0.15) is 5.78 Å². The van der Waals surface area contributed by atoms with E-state index in [9.17, 15) is 4.57 Å². The summed E-state index contributed by atoms with van der Waals surface area (Å²) < 4.78 is 20.6. The van der Waals surface area contributed by atoms with E-state index >= 15 is 0 Å². The Hall–Kier alpha value is -2.55. The summed E-state index contributed by atoms with van der Waals surface area (Å²) in [4.78, 5) is 2.03. The van der Waals surface area contributed by atoms with Crippen molar-refractivity contribution in [2.24, 2.45) is 0 Å². The van der Waals surface area contributed by atoms with Crippen molar-refractivity contribution in [1.29, 1.82) is 0 Å². The molecule has 164 valence electrons. The van der Waals surface area contributed by atoms with Gasteiger partial charge >= 0.3 is 0 Å². The van der Waals surface area contributed by atoms with E-state index in [-0.39, 0.29) is 0 Å². The number of hydrogen-bond acceptors (Lipinski definition) is 4. The number of nitrogens with one attached hydrogen (secondary N) is 1. The fourth-order valence-corrected chi connectivity index (χ4v) is 6.00. The molecule has 3 aromatic carbocycles. The molecule has 0 bridgehead atoms. The molecule has 0 aliphatic rings. The Balaban J connectivity index is 2.09. The van der Waals surface area contributed by atoms with Gasteiger partial charge in [0.2, 0.25) is 0 Å². The Kier molecular flexibility index (Phi) is 7.59. The summed E-state index contributed by atoms with van der Waals surface area (Å²) in [6.45, 7) is 6.60. The van der Waals surface area contributed by atoms with Crippen LogP contribution in [0.4, 0.5) is 11.4 Å². The Morgan fingerprint density at radius 2 is 1.45 bits per heavy atom. The summed E-state index contributed by atoms with van der Waals surface area (Å²) in [5.41, 5.74) is 4.16. The lowest BCUT2D eigenvalue weighted by Gasteiger charge is -2.30. The fourth-order valence-electron chi connectivity index (χ4n) is 3.57. The van der Waals surface area contributed by atoms with Gasteiger partial charge in [0.25, 0.3) is 7.37 Å². The maximum absolute atomic E-state index is 14.5. The molecular weight excluding hydrogens is 403 g/mol. The first-order valence-corrected chi connectivity index (χ1v) is 12.5. The number of hydrogen-bond donors (Lipinski definition) is 1. The lowest BCUT2D eigenvalue weighted by Crippen LogP contribution is -2.21. The number of benzene rings is 3. The van der Waals surface area contributed by atoms with Crippen LogP contribution in [-0.4, -0.2) is 20.7 Å². The van der Waals surface area contributed by atoms with Crippen molar-refractivity contribution in [2.45, 2.75) is 32.5 Å². The Morgan fingerprint density at radius 1 is 0.871 bits per heavy atom. The fraction of sp³-hybridized carbons (Fsp3) is 0.308. The molecule has 0 fully saturated rings. The van der Waals surface area contributed by atoms with Crippen LogP contribution < -0.4 is 15.5 Å². The number of para-hydroxylation sites is 1. The number of anilines is 2. The highest BCUT2D eigenvalue weighted by molar-refractivity contribution is 7.67. The van der Waals surface area contributed by atoms with Crippen LogP contribution in [0.2, 0.25) is 0 Å². The van der Waals surface area contributed by atoms with E-state index in [1.165, 1.54) is 5.56 Å². The van der Waals surface area contributed by atoms with Crippen LogP contribution in [0.1, 0.15) is 43.6 Å². The van der Waals surface area contributed by atoms with E-state index in [1.807, 2.05) is 80.5 Å². The average molecular weight is 437 g/mol. The molecule has 0 saturated carbocycles. The lowest BCUT2D eigenvalue weighted by atomic mass is 10.0. The zero-order valence-corrected chi connectivity index (χ0v) is 20.0. The average Bonchev–Trinajstić information content (AvgIpc) is 2.78. The molecular formula is C26H33N2O2P. The van der Waals surface area contributed by atoms with Crippen molar-refractivity contribution in [3.63, 3.8) is 0 Å². The largest absolute Gasteiger partial charge is 0.378 e. The van der Waals surface area contributed by atoms with Gasteiger partial charge in [-0.3, -0.25) is 4.57 Å². The van der Waals surface area contributed by atoms with Crippen LogP contribution in [0.25, 0.3) is 0 Å². The van der Waals surface area contributed by atoms with Gasteiger partial charge in [-0.2, -0.15) is 0 Å². The molecule has 2 atom stereocenters. The minimum absolute atomic E-state index is 0.365.